The molecule has 0 atom stereocenters. The van der Waals surface area contributed by atoms with Gasteiger partial charge in [-0.1, -0.05) is 12.1 Å². The van der Waals surface area contributed by atoms with E-state index in [1.807, 2.05) is 48.3 Å². The molecule has 21 heavy (non-hydrogen) atoms. The van der Waals surface area contributed by atoms with Gasteiger partial charge < -0.3 is 4.74 Å². The van der Waals surface area contributed by atoms with Gasteiger partial charge in [0.05, 0.1) is 14.2 Å². The minimum absolute atomic E-state index is 0.0505. The Labute approximate surface area is 126 Å². The van der Waals surface area contributed by atoms with Crippen molar-refractivity contribution in [3.05, 3.63) is 41.2 Å². The van der Waals surface area contributed by atoms with E-state index < -0.39 is 5.97 Å². The highest BCUT2D eigenvalue weighted by molar-refractivity contribution is 8.02. The zero-order valence-electron chi connectivity index (χ0n) is 12.0. The maximum absolute atomic E-state index is 11.6. The molecule has 1 aromatic heterocycles. The van der Waals surface area contributed by atoms with E-state index >= 15 is 0 Å². The van der Waals surface area contributed by atoms with E-state index in [2.05, 4.69) is 10.2 Å². The number of ether oxygens (including phenoxy) is 1. The van der Waals surface area contributed by atoms with Crippen molar-refractivity contribution in [3.63, 3.8) is 0 Å². The molecule has 2 aromatic rings. The summed E-state index contributed by atoms with van der Waals surface area (Å²) in [6.45, 7) is 0. The third-order valence-electron chi connectivity index (χ3n) is 2.96. The molecule has 0 aliphatic rings. The Kier molecular flexibility index (Phi) is 4.50. The zero-order valence-corrected chi connectivity index (χ0v) is 12.8. The summed E-state index contributed by atoms with van der Waals surface area (Å²) < 4.78 is 8.34. The molecule has 6 nitrogen and oxygen atoms in total. The smallest absolute Gasteiger partial charge is 0.351 e. The minimum atomic E-state index is -0.657. The molecule has 1 N–H and O–H groups in total. The molecule has 0 saturated heterocycles. The van der Waals surface area contributed by atoms with Crippen molar-refractivity contribution in [2.75, 3.05) is 18.8 Å². The molecule has 1 aromatic carbocycles. The summed E-state index contributed by atoms with van der Waals surface area (Å²) in [5, 5.41) is 9.58. The second kappa shape index (κ2) is 6.33. The standard InChI is InChI=1S/C14H14N4O2S/c1-17-9-18(12-7-5-4-6-11(12)17)16-13(21-3)10(8-15)14(19)20-2/h4-7,9H,1-3H3/p+1. The van der Waals surface area contributed by atoms with Crippen LogP contribution in [0.2, 0.25) is 0 Å². The lowest BCUT2D eigenvalue weighted by Crippen LogP contribution is -2.26. The van der Waals surface area contributed by atoms with E-state index in [-0.39, 0.29) is 5.57 Å². The van der Waals surface area contributed by atoms with Crippen molar-refractivity contribution in [2.24, 2.45) is 7.05 Å². The van der Waals surface area contributed by atoms with Gasteiger partial charge in [0.25, 0.3) is 6.33 Å². The number of rotatable bonds is 4. The first-order valence-corrected chi connectivity index (χ1v) is 7.34. The predicted molar refractivity (Wildman–Crippen MR) is 80.6 cm³/mol. The number of hydrogen-bond donors (Lipinski definition) is 1. The summed E-state index contributed by atoms with van der Waals surface area (Å²) in [7, 11) is 3.18. The molecule has 0 unspecified atom stereocenters. The van der Waals surface area contributed by atoms with Gasteiger partial charge in [-0.05, 0) is 18.4 Å². The summed E-state index contributed by atoms with van der Waals surface area (Å²) in [6, 6.07) is 9.69. The van der Waals surface area contributed by atoms with Gasteiger partial charge in [-0.3, -0.25) is 0 Å². The van der Waals surface area contributed by atoms with Crippen molar-refractivity contribution < 1.29 is 14.1 Å². The quantitative estimate of drug-likeness (QED) is 0.399. The van der Waals surface area contributed by atoms with Crippen LogP contribution in [-0.4, -0.2) is 24.0 Å². The Balaban J connectivity index is 2.49. The SMILES string of the molecule is COC(=O)C(C#N)=C(Nn1c[n+](C)c2ccccc21)SC. The molecule has 2 rings (SSSR count). The lowest BCUT2D eigenvalue weighted by Gasteiger charge is -2.06. The first kappa shape index (κ1) is 14.9. The molecule has 1 heterocycles. The fourth-order valence-corrected chi connectivity index (χ4v) is 2.48. The molecule has 0 saturated carbocycles. The number of fused-ring (bicyclic) bond motifs is 1. The molecule has 0 radical (unpaired) electrons. The number of hydrogen-bond acceptors (Lipinski definition) is 5. The molecular formula is C14H15N4O2S+. The van der Waals surface area contributed by atoms with Crippen molar-refractivity contribution in [3.8, 4) is 6.07 Å². The number of aromatic nitrogens is 2. The first-order chi connectivity index (χ1) is 10.1. The second-order valence-corrected chi connectivity index (χ2v) is 5.03. The predicted octanol–water partition coefficient (Wildman–Crippen LogP) is 1.28. The molecule has 0 amide bonds. The van der Waals surface area contributed by atoms with Gasteiger partial charge in [0.2, 0.25) is 0 Å². The molecule has 0 aliphatic heterocycles. The number of para-hydroxylation sites is 2. The van der Waals surface area contributed by atoms with Gasteiger partial charge in [-0.15, -0.1) is 16.4 Å². The van der Waals surface area contributed by atoms with Crippen molar-refractivity contribution in [1.82, 2.24) is 4.68 Å². The van der Waals surface area contributed by atoms with E-state index in [0.717, 1.165) is 11.0 Å². The van der Waals surface area contributed by atoms with Crippen LogP contribution in [0.25, 0.3) is 11.0 Å². The van der Waals surface area contributed by atoms with Gasteiger partial charge >= 0.3 is 5.97 Å². The summed E-state index contributed by atoms with van der Waals surface area (Å²) in [6.07, 6.45) is 3.63. The molecule has 0 bridgehead atoms. The van der Waals surface area contributed by atoms with Crippen molar-refractivity contribution in [2.45, 2.75) is 0 Å². The van der Waals surface area contributed by atoms with E-state index in [9.17, 15) is 4.79 Å². The summed E-state index contributed by atoms with van der Waals surface area (Å²) in [5.41, 5.74) is 4.99. The van der Waals surface area contributed by atoms with Crippen molar-refractivity contribution >= 4 is 28.8 Å². The normalized spacial score (nSPS) is 11.7. The summed E-state index contributed by atoms with van der Waals surface area (Å²) in [4.78, 5) is 11.6. The van der Waals surface area contributed by atoms with Crippen LogP contribution in [0.4, 0.5) is 0 Å². The Morgan fingerprint density at radius 1 is 1.48 bits per heavy atom. The number of nitriles is 1. The van der Waals surface area contributed by atoms with Crippen molar-refractivity contribution in [1.29, 1.82) is 5.26 Å². The van der Waals surface area contributed by atoms with Gasteiger partial charge in [0.15, 0.2) is 16.6 Å². The number of benzene rings is 1. The van der Waals surface area contributed by atoms with Gasteiger partial charge in [0.1, 0.15) is 11.1 Å². The molecule has 7 heteroatoms. The monoisotopic (exact) mass is 303 g/mol. The number of methoxy groups -OCH3 is 1. The van der Waals surface area contributed by atoms with Crippen LogP contribution in [0.15, 0.2) is 41.2 Å². The molecule has 0 fully saturated rings. The van der Waals surface area contributed by atoms with E-state index in [4.69, 9.17) is 5.26 Å². The Morgan fingerprint density at radius 3 is 2.81 bits per heavy atom. The molecular weight excluding hydrogens is 288 g/mol. The summed E-state index contributed by atoms with van der Waals surface area (Å²) >= 11 is 1.27. The molecule has 0 spiro atoms. The third kappa shape index (κ3) is 2.85. The number of imidazole rings is 1. The van der Waals surface area contributed by atoms with Crippen LogP contribution >= 0.6 is 11.8 Å². The largest absolute Gasteiger partial charge is 0.465 e. The van der Waals surface area contributed by atoms with Crippen LogP contribution in [0, 0.1) is 11.3 Å². The fourth-order valence-electron chi connectivity index (χ4n) is 1.96. The lowest BCUT2D eigenvalue weighted by atomic mass is 10.3. The fraction of sp³-hybridized carbons (Fsp3) is 0.214. The van der Waals surface area contributed by atoms with Gasteiger partial charge in [-0.25, -0.2) is 14.8 Å². The average Bonchev–Trinajstić information content (AvgIpc) is 2.83. The number of nitrogens with one attached hydrogen (secondary N) is 1. The third-order valence-corrected chi connectivity index (χ3v) is 3.67. The van der Waals surface area contributed by atoms with Crippen LogP contribution in [-0.2, 0) is 16.6 Å². The Bertz CT molecular complexity index is 758. The van der Waals surface area contributed by atoms with E-state index in [0.29, 0.717) is 5.03 Å². The van der Waals surface area contributed by atoms with Crippen LogP contribution in [0.3, 0.4) is 0 Å². The van der Waals surface area contributed by atoms with Crippen LogP contribution in [0.1, 0.15) is 0 Å². The number of carbonyl (C=O) groups excluding carboxylic acids is 1. The number of nitrogens with zero attached hydrogens (tertiary/aromatic N) is 3. The molecule has 0 aliphatic carbocycles. The highest BCUT2D eigenvalue weighted by Crippen LogP contribution is 2.18. The second-order valence-electron chi connectivity index (χ2n) is 4.21. The maximum Gasteiger partial charge on any atom is 0.351 e. The highest BCUT2D eigenvalue weighted by Gasteiger charge is 2.19. The lowest BCUT2D eigenvalue weighted by molar-refractivity contribution is -0.645. The number of esters is 1. The summed E-state index contributed by atoms with van der Waals surface area (Å²) in [5.74, 6) is -0.657. The van der Waals surface area contributed by atoms with E-state index in [1.54, 1.807) is 10.9 Å². The minimum Gasteiger partial charge on any atom is -0.465 e. The highest BCUT2D eigenvalue weighted by atomic mass is 32.2. The van der Waals surface area contributed by atoms with Gasteiger partial charge in [-0.2, -0.15) is 5.26 Å². The Morgan fingerprint density at radius 2 is 2.19 bits per heavy atom. The average molecular weight is 303 g/mol. The van der Waals surface area contributed by atoms with Crippen LogP contribution in [0.5, 0.6) is 0 Å². The topological polar surface area (TPSA) is 70.9 Å². The number of thioether (sulfide) groups is 1. The molecule has 108 valence electrons. The van der Waals surface area contributed by atoms with Gasteiger partial charge in [0, 0.05) is 0 Å². The van der Waals surface area contributed by atoms with Crippen LogP contribution < -0.4 is 9.99 Å². The zero-order chi connectivity index (χ0) is 15.4. The first-order valence-electron chi connectivity index (χ1n) is 6.11. The number of aryl methyl sites for hydroxylation is 1. The number of carbonyl (C=O) groups is 1. The maximum atomic E-state index is 11.6. The Hall–Kier alpha value is -2.46. The van der Waals surface area contributed by atoms with E-state index in [1.165, 1.54) is 18.9 Å².